The van der Waals surface area contributed by atoms with Crippen molar-refractivity contribution in [2.24, 2.45) is 5.92 Å². The van der Waals surface area contributed by atoms with Crippen LogP contribution in [-0.2, 0) is 11.2 Å². The zero-order valence-corrected chi connectivity index (χ0v) is 17.7. The van der Waals surface area contributed by atoms with Gasteiger partial charge in [0.15, 0.2) is 0 Å². The molecule has 0 radical (unpaired) electrons. The summed E-state index contributed by atoms with van der Waals surface area (Å²) < 4.78 is 5.04. The second kappa shape index (κ2) is 10.0. The molecular weight excluding hydrogens is 400 g/mol. The quantitative estimate of drug-likeness (QED) is 0.536. The summed E-state index contributed by atoms with van der Waals surface area (Å²) in [5.74, 6) is -1.73. The van der Waals surface area contributed by atoms with Gasteiger partial charge in [-0.25, -0.2) is 4.98 Å². The van der Waals surface area contributed by atoms with E-state index in [0.717, 1.165) is 28.0 Å². The third-order valence-electron chi connectivity index (χ3n) is 4.82. The molecule has 0 aliphatic rings. The third kappa shape index (κ3) is 5.67. The maximum absolute atomic E-state index is 12.6. The molecule has 2 atom stereocenters. The van der Waals surface area contributed by atoms with Crippen molar-refractivity contribution in [3.8, 4) is 16.3 Å². The number of carboxylic acids is 1. The van der Waals surface area contributed by atoms with Crippen LogP contribution in [0, 0.1) is 5.92 Å². The molecule has 0 saturated carbocycles. The van der Waals surface area contributed by atoms with E-state index in [1.54, 1.807) is 6.92 Å². The lowest BCUT2D eigenvalue weighted by Crippen LogP contribution is -2.38. The molecular formula is C23H24N2O4S. The van der Waals surface area contributed by atoms with Gasteiger partial charge < -0.3 is 15.2 Å². The number of carbonyl (C=O) groups excluding carboxylic acids is 1. The maximum Gasteiger partial charge on any atom is 0.306 e. The first-order valence-corrected chi connectivity index (χ1v) is 10.5. The number of nitrogens with zero attached hydrogens (tertiary/aromatic N) is 1. The van der Waals surface area contributed by atoms with E-state index in [9.17, 15) is 14.7 Å². The Labute approximate surface area is 179 Å². The number of aromatic nitrogens is 1. The number of aliphatic carboxylic acids is 1. The molecule has 2 unspecified atom stereocenters. The zero-order valence-electron chi connectivity index (χ0n) is 16.9. The Kier molecular flexibility index (Phi) is 7.19. The summed E-state index contributed by atoms with van der Waals surface area (Å²) in [7, 11) is 1.50. The lowest BCUT2D eigenvalue weighted by atomic mass is 9.95. The van der Waals surface area contributed by atoms with Crippen molar-refractivity contribution in [3.05, 3.63) is 71.2 Å². The van der Waals surface area contributed by atoms with Crippen LogP contribution in [0.2, 0.25) is 0 Å². The van der Waals surface area contributed by atoms with Gasteiger partial charge in [0.25, 0.3) is 11.1 Å². The van der Waals surface area contributed by atoms with Crippen molar-refractivity contribution < 1.29 is 19.4 Å². The molecule has 0 spiro atoms. The maximum atomic E-state index is 12.6. The molecule has 156 valence electrons. The van der Waals surface area contributed by atoms with E-state index in [-0.39, 0.29) is 11.9 Å². The molecule has 0 saturated heterocycles. The molecule has 30 heavy (non-hydrogen) atoms. The van der Waals surface area contributed by atoms with Gasteiger partial charge in [-0.05, 0) is 29.5 Å². The van der Waals surface area contributed by atoms with Crippen LogP contribution in [0.1, 0.15) is 28.6 Å². The second-order valence-electron chi connectivity index (χ2n) is 7.11. The van der Waals surface area contributed by atoms with Gasteiger partial charge in [-0.2, -0.15) is 0 Å². The van der Waals surface area contributed by atoms with Crippen LogP contribution in [0.15, 0.2) is 60.8 Å². The molecule has 3 rings (SSSR count). The minimum Gasteiger partial charge on any atom is -0.481 e. The Morgan fingerprint density at radius 3 is 2.37 bits per heavy atom. The van der Waals surface area contributed by atoms with Crippen molar-refractivity contribution in [3.63, 3.8) is 0 Å². The first-order chi connectivity index (χ1) is 14.5. The monoisotopic (exact) mass is 424 g/mol. The van der Waals surface area contributed by atoms with E-state index < -0.39 is 11.9 Å². The summed E-state index contributed by atoms with van der Waals surface area (Å²) in [6, 6.07) is 17.9. The number of amides is 1. The van der Waals surface area contributed by atoms with Crippen molar-refractivity contribution in [1.29, 1.82) is 0 Å². The van der Waals surface area contributed by atoms with Gasteiger partial charge in [-0.15, -0.1) is 0 Å². The number of ether oxygens (including phenoxy) is 1. The van der Waals surface area contributed by atoms with Gasteiger partial charge in [0, 0.05) is 6.04 Å². The zero-order chi connectivity index (χ0) is 21.5. The molecule has 1 heterocycles. The van der Waals surface area contributed by atoms with Gasteiger partial charge in [-0.3, -0.25) is 9.59 Å². The number of thiazole rings is 1. The lowest BCUT2D eigenvalue weighted by Gasteiger charge is -2.20. The van der Waals surface area contributed by atoms with Crippen molar-refractivity contribution in [1.82, 2.24) is 10.3 Å². The van der Waals surface area contributed by atoms with Gasteiger partial charge in [0.1, 0.15) is 4.88 Å². The van der Waals surface area contributed by atoms with Gasteiger partial charge in [-0.1, -0.05) is 72.9 Å². The number of hydrogen-bond acceptors (Lipinski definition) is 5. The minimum absolute atomic E-state index is 0.278. The number of carboxylic acid groups (broad SMARTS) is 1. The molecule has 2 aromatic carbocycles. The molecule has 1 amide bonds. The molecule has 0 bridgehead atoms. The van der Waals surface area contributed by atoms with Gasteiger partial charge >= 0.3 is 5.97 Å². The molecule has 7 heteroatoms. The smallest absolute Gasteiger partial charge is 0.306 e. The van der Waals surface area contributed by atoms with Crippen molar-refractivity contribution in [2.45, 2.75) is 25.8 Å². The highest BCUT2D eigenvalue weighted by atomic mass is 32.1. The summed E-state index contributed by atoms with van der Waals surface area (Å²) in [6.45, 7) is 1.65. The van der Waals surface area contributed by atoms with E-state index in [1.165, 1.54) is 13.3 Å². The lowest BCUT2D eigenvalue weighted by molar-refractivity contribution is -0.141. The van der Waals surface area contributed by atoms with E-state index >= 15 is 0 Å². The Balaban J connectivity index is 1.73. The SMILES string of the molecule is COc1ncc(C(=O)NC(Cc2ccc(-c3ccccc3)cc2)CC(C)C(=O)O)s1. The summed E-state index contributed by atoms with van der Waals surface area (Å²) in [5.41, 5.74) is 3.27. The van der Waals surface area contributed by atoms with Crippen LogP contribution in [0.5, 0.6) is 5.19 Å². The summed E-state index contributed by atoms with van der Waals surface area (Å²) >= 11 is 1.15. The molecule has 3 aromatic rings. The number of rotatable bonds is 9. The fraction of sp³-hybridized carbons (Fsp3) is 0.261. The van der Waals surface area contributed by atoms with Gasteiger partial charge in [0.2, 0.25) is 0 Å². The number of methoxy groups -OCH3 is 1. The Hall–Kier alpha value is -3.19. The first kappa shape index (κ1) is 21.5. The Morgan fingerprint density at radius 1 is 1.10 bits per heavy atom. The van der Waals surface area contributed by atoms with Crippen LogP contribution in [0.25, 0.3) is 11.1 Å². The van der Waals surface area contributed by atoms with Crippen LogP contribution >= 0.6 is 11.3 Å². The third-order valence-corrected chi connectivity index (χ3v) is 5.78. The largest absolute Gasteiger partial charge is 0.481 e. The molecule has 0 aliphatic heterocycles. The van der Waals surface area contributed by atoms with Crippen molar-refractivity contribution >= 4 is 23.2 Å². The highest BCUT2D eigenvalue weighted by Gasteiger charge is 2.22. The van der Waals surface area contributed by atoms with Crippen LogP contribution < -0.4 is 10.1 Å². The number of hydrogen-bond donors (Lipinski definition) is 2. The van der Waals surface area contributed by atoms with E-state index in [0.29, 0.717) is 22.9 Å². The highest BCUT2D eigenvalue weighted by Crippen LogP contribution is 2.22. The first-order valence-electron chi connectivity index (χ1n) is 9.64. The second-order valence-corrected chi connectivity index (χ2v) is 8.10. The number of benzene rings is 2. The van der Waals surface area contributed by atoms with E-state index in [2.05, 4.69) is 22.4 Å². The summed E-state index contributed by atoms with van der Waals surface area (Å²) in [5, 5.41) is 12.7. The van der Waals surface area contributed by atoms with Crippen LogP contribution in [0.4, 0.5) is 0 Å². The predicted molar refractivity (Wildman–Crippen MR) is 117 cm³/mol. The van der Waals surface area contributed by atoms with E-state index in [1.807, 2.05) is 42.5 Å². The molecule has 0 aliphatic carbocycles. The predicted octanol–water partition coefficient (Wildman–Crippen LogP) is 4.27. The number of carbonyl (C=O) groups is 2. The fourth-order valence-corrected chi connectivity index (χ4v) is 3.82. The Bertz CT molecular complexity index is 986. The van der Waals surface area contributed by atoms with Gasteiger partial charge in [0.05, 0.1) is 19.2 Å². The molecule has 2 N–H and O–H groups in total. The average molecular weight is 425 g/mol. The van der Waals surface area contributed by atoms with E-state index in [4.69, 9.17) is 4.74 Å². The summed E-state index contributed by atoms with van der Waals surface area (Å²) in [6.07, 6.45) is 2.33. The highest BCUT2D eigenvalue weighted by molar-refractivity contribution is 7.15. The van der Waals surface area contributed by atoms with Crippen molar-refractivity contribution in [2.75, 3.05) is 7.11 Å². The molecule has 6 nitrogen and oxygen atoms in total. The fourth-order valence-electron chi connectivity index (χ4n) is 3.18. The average Bonchev–Trinajstić information content (AvgIpc) is 3.24. The van der Waals surface area contributed by atoms with Crippen LogP contribution in [-0.4, -0.2) is 35.1 Å². The van der Waals surface area contributed by atoms with Crippen LogP contribution in [0.3, 0.4) is 0 Å². The number of nitrogens with one attached hydrogen (secondary N) is 1. The molecule has 1 aromatic heterocycles. The standard InChI is InChI=1S/C23H24N2O4S/c1-15(22(27)28)12-19(25-21(26)20-14-24-23(29-2)30-20)13-16-8-10-18(11-9-16)17-6-4-3-5-7-17/h3-11,14-15,19H,12-13H2,1-2H3,(H,25,26)(H,27,28). The topological polar surface area (TPSA) is 88.5 Å². The normalized spacial score (nSPS) is 12.7. The summed E-state index contributed by atoms with van der Waals surface area (Å²) in [4.78, 5) is 28.4. The molecule has 0 fully saturated rings. The Morgan fingerprint density at radius 2 is 1.77 bits per heavy atom. The minimum atomic E-state index is -0.881.